The van der Waals surface area contributed by atoms with Crippen LogP contribution in [0.4, 0.5) is 0 Å². The van der Waals surface area contributed by atoms with E-state index in [2.05, 4.69) is 92.2 Å². The predicted octanol–water partition coefficient (Wildman–Crippen LogP) is 5.80. The molecule has 0 aliphatic heterocycles. The van der Waals surface area contributed by atoms with Gasteiger partial charge in [0.25, 0.3) is 0 Å². The Hall–Kier alpha value is -1.43. The van der Waals surface area contributed by atoms with Crippen molar-refractivity contribution in [2.24, 2.45) is 5.73 Å². The Balaban J connectivity index is 0.00000648. The molecule has 4 nitrogen and oxygen atoms in total. The molecule has 0 unspecified atom stereocenters. The number of rotatable bonds is 19. The van der Waals surface area contributed by atoms with Crippen LogP contribution in [0.15, 0.2) is 48.5 Å². The van der Waals surface area contributed by atoms with Crippen LogP contribution in [0.25, 0.3) is 0 Å². The van der Waals surface area contributed by atoms with Gasteiger partial charge in [-0.1, -0.05) is 76.2 Å². The Morgan fingerprint density at radius 1 is 0.611 bits per heavy atom. The van der Waals surface area contributed by atoms with Crippen molar-refractivity contribution in [3.63, 3.8) is 0 Å². The summed E-state index contributed by atoms with van der Waals surface area (Å²) in [5, 5.41) is 10.7. The van der Waals surface area contributed by atoms with Crippen molar-refractivity contribution in [1.82, 2.24) is 16.0 Å². The Morgan fingerprint density at radius 3 is 1.44 bits per heavy atom. The van der Waals surface area contributed by atoms with E-state index in [9.17, 15) is 0 Å². The smallest absolute Gasteiger partial charge is 0.00793 e. The second-order valence-electron chi connectivity index (χ2n) is 10.5. The molecule has 0 heterocycles. The Bertz CT molecular complexity index is 717. The normalized spacial score (nSPS) is 11.4. The summed E-state index contributed by atoms with van der Waals surface area (Å²) < 4.78 is 0. The van der Waals surface area contributed by atoms with Gasteiger partial charge in [0, 0.05) is 45.3 Å². The number of halogens is 1. The minimum absolute atomic E-state index is 0. The molecule has 0 spiro atoms. The third-order valence-corrected chi connectivity index (χ3v) is 6.86. The van der Waals surface area contributed by atoms with E-state index in [0.29, 0.717) is 24.4 Å². The van der Waals surface area contributed by atoms with Crippen molar-refractivity contribution in [1.29, 1.82) is 0 Å². The van der Waals surface area contributed by atoms with Gasteiger partial charge in [-0.2, -0.15) is 0 Å². The van der Waals surface area contributed by atoms with E-state index in [0.717, 1.165) is 45.6 Å². The molecule has 204 valence electrons. The highest BCUT2D eigenvalue weighted by Gasteiger charge is 2.09. The van der Waals surface area contributed by atoms with Gasteiger partial charge in [-0.15, -0.1) is 12.4 Å². The molecule has 0 aliphatic rings. The highest BCUT2D eigenvalue weighted by atomic mass is 35.5. The molecule has 0 aliphatic carbocycles. The van der Waals surface area contributed by atoms with E-state index < -0.39 is 0 Å². The van der Waals surface area contributed by atoms with Crippen molar-refractivity contribution in [2.45, 2.75) is 84.1 Å². The van der Waals surface area contributed by atoms with Gasteiger partial charge in [-0.25, -0.2) is 0 Å². The molecule has 0 bridgehead atoms. The fourth-order valence-electron chi connectivity index (χ4n) is 4.49. The van der Waals surface area contributed by atoms with Crippen LogP contribution in [0, 0.1) is 0 Å². The largest absolute Gasteiger partial charge is 0.329 e. The van der Waals surface area contributed by atoms with E-state index in [1.165, 1.54) is 47.9 Å². The molecule has 2 aromatic rings. The number of benzene rings is 2. The van der Waals surface area contributed by atoms with E-state index >= 15 is 0 Å². The van der Waals surface area contributed by atoms with Crippen LogP contribution in [-0.2, 0) is 12.8 Å². The van der Waals surface area contributed by atoms with Crippen molar-refractivity contribution >= 4 is 12.4 Å². The number of hydrogen-bond acceptors (Lipinski definition) is 4. The molecule has 0 amide bonds. The summed E-state index contributed by atoms with van der Waals surface area (Å²) in [4.78, 5) is 0. The highest BCUT2D eigenvalue weighted by molar-refractivity contribution is 5.85. The summed E-state index contributed by atoms with van der Waals surface area (Å²) in [5.41, 5.74) is 11.3. The maximum atomic E-state index is 5.52. The third kappa shape index (κ3) is 13.8. The topological polar surface area (TPSA) is 62.1 Å². The highest BCUT2D eigenvalue weighted by Crippen LogP contribution is 2.18. The monoisotopic (exact) mass is 516 g/mol. The molecular weight excluding hydrogens is 464 g/mol. The second kappa shape index (κ2) is 19.7. The van der Waals surface area contributed by atoms with Gasteiger partial charge in [0.2, 0.25) is 0 Å². The molecule has 0 aromatic heterocycles. The number of hydrogen-bond donors (Lipinski definition) is 4. The number of nitrogens with one attached hydrogen (secondary N) is 3. The third-order valence-electron chi connectivity index (χ3n) is 6.86. The summed E-state index contributed by atoms with van der Waals surface area (Å²) in [6.45, 7) is 14.6. The first kappa shape index (κ1) is 32.6. The summed E-state index contributed by atoms with van der Waals surface area (Å²) in [7, 11) is 0. The van der Waals surface area contributed by atoms with E-state index in [1.54, 1.807) is 0 Å². The molecule has 0 saturated heterocycles. The zero-order chi connectivity index (χ0) is 25.3. The van der Waals surface area contributed by atoms with Crippen LogP contribution >= 0.6 is 12.4 Å². The van der Waals surface area contributed by atoms with E-state index in [1.807, 2.05) is 0 Å². The second-order valence-corrected chi connectivity index (χ2v) is 10.5. The van der Waals surface area contributed by atoms with E-state index in [4.69, 9.17) is 5.73 Å². The molecule has 36 heavy (non-hydrogen) atoms. The minimum Gasteiger partial charge on any atom is -0.329 e. The minimum atomic E-state index is 0. The predicted molar refractivity (Wildman–Crippen MR) is 161 cm³/mol. The maximum absolute atomic E-state index is 5.52. The molecule has 5 N–H and O–H groups in total. The summed E-state index contributed by atoms with van der Waals surface area (Å²) in [6, 6.07) is 19.1. The van der Waals surface area contributed by atoms with Crippen LogP contribution in [0.1, 0.15) is 87.5 Å². The molecule has 0 radical (unpaired) electrons. The lowest BCUT2D eigenvalue weighted by molar-refractivity contribution is 0.427. The van der Waals surface area contributed by atoms with E-state index in [-0.39, 0.29) is 12.4 Å². The molecule has 5 heteroatoms. The first-order chi connectivity index (χ1) is 17.0. The summed E-state index contributed by atoms with van der Waals surface area (Å²) in [6.07, 6.45) is 7.26. The molecule has 2 aromatic carbocycles. The van der Waals surface area contributed by atoms with Gasteiger partial charge in [0.15, 0.2) is 0 Å². The van der Waals surface area contributed by atoms with Crippen LogP contribution < -0.4 is 21.7 Å². The van der Waals surface area contributed by atoms with Crippen molar-refractivity contribution in [3.05, 3.63) is 70.8 Å². The van der Waals surface area contributed by atoms with Crippen molar-refractivity contribution < 1.29 is 0 Å². The van der Waals surface area contributed by atoms with Gasteiger partial charge < -0.3 is 21.7 Å². The lowest BCUT2D eigenvalue weighted by Crippen LogP contribution is -2.37. The molecule has 0 fully saturated rings. The Labute approximate surface area is 228 Å². The van der Waals surface area contributed by atoms with Gasteiger partial charge in [-0.3, -0.25) is 0 Å². The summed E-state index contributed by atoms with van der Waals surface area (Å²) in [5.74, 6) is 1.20. The van der Waals surface area contributed by atoms with Gasteiger partial charge in [-0.05, 0) is 72.6 Å². The quantitative estimate of drug-likeness (QED) is 0.178. The molecular formula is C31H53ClN4. The van der Waals surface area contributed by atoms with Gasteiger partial charge in [0.1, 0.15) is 0 Å². The Kier molecular flexibility index (Phi) is 17.8. The Morgan fingerprint density at radius 2 is 1.03 bits per heavy atom. The fraction of sp³-hybridized carbons (Fsp3) is 0.613. The number of aryl methyl sites for hydroxylation is 2. The molecule has 0 saturated carbocycles. The van der Waals surface area contributed by atoms with Gasteiger partial charge >= 0.3 is 0 Å². The summed E-state index contributed by atoms with van der Waals surface area (Å²) >= 11 is 0. The van der Waals surface area contributed by atoms with Crippen molar-refractivity contribution in [3.8, 4) is 0 Å². The zero-order valence-electron chi connectivity index (χ0n) is 23.3. The average molecular weight is 517 g/mol. The fourth-order valence-corrected chi connectivity index (χ4v) is 4.49. The first-order valence-corrected chi connectivity index (χ1v) is 14.0. The van der Waals surface area contributed by atoms with Gasteiger partial charge in [0.05, 0.1) is 0 Å². The lowest BCUT2D eigenvalue weighted by atomic mass is 9.96. The molecule has 0 atom stereocenters. The van der Waals surface area contributed by atoms with Crippen LogP contribution in [0.2, 0.25) is 0 Å². The van der Waals surface area contributed by atoms with Crippen molar-refractivity contribution in [2.75, 3.05) is 39.3 Å². The SMILES string of the molecule is CC(C)c1ccc(CCCC(CCCc2ccc(C(C)C)cc2)NCCNCCNCCN)cc1.Cl. The lowest BCUT2D eigenvalue weighted by Gasteiger charge is -2.19. The van der Waals surface area contributed by atoms with Crippen LogP contribution in [0.5, 0.6) is 0 Å². The number of nitrogens with two attached hydrogens (primary N) is 1. The standard InChI is InChI=1S/C31H52N4.ClH/c1-25(2)29-15-11-27(12-16-29)7-5-9-31(35-24-23-34-22-21-33-20-19-32)10-6-8-28-13-17-30(18-14-28)26(3)4;/h11-18,25-26,31,33-35H,5-10,19-24,32H2,1-4H3;1H. The van der Waals surface area contributed by atoms with Crippen LogP contribution in [-0.4, -0.2) is 45.3 Å². The average Bonchev–Trinajstić information content (AvgIpc) is 2.86. The van der Waals surface area contributed by atoms with Crippen LogP contribution in [0.3, 0.4) is 0 Å². The first-order valence-electron chi connectivity index (χ1n) is 14.0. The zero-order valence-corrected chi connectivity index (χ0v) is 24.1. The molecule has 2 rings (SSSR count). The maximum Gasteiger partial charge on any atom is 0.00793 e.